The van der Waals surface area contributed by atoms with Crippen molar-refractivity contribution in [2.45, 2.75) is 25.0 Å². The summed E-state index contributed by atoms with van der Waals surface area (Å²) in [7, 11) is 0. The van der Waals surface area contributed by atoms with Crippen molar-refractivity contribution in [3.05, 3.63) is 65.9 Å². The molecule has 1 saturated carbocycles. The maximum Gasteiger partial charge on any atom is 0.296 e. The Hall–Kier alpha value is -3.86. The number of hydrogen-bond donors (Lipinski definition) is 3. The van der Waals surface area contributed by atoms with Gasteiger partial charge in [-0.2, -0.15) is 4.98 Å². The molecule has 0 amide bonds. The molecule has 3 aromatic heterocycles. The van der Waals surface area contributed by atoms with Crippen molar-refractivity contribution in [3.63, 3.8) is 0 Å². The van der Waals surface area contributed by atoms with Crippen LogP contribution in [0.25, 0.3) is 39.2 Å². The lowest BCUT2D eigenvalue weighted by Crippen LogP contribution is -2.31. The fraction of sp³-hybridized carbons (Fsp3) is 0.240. The Balaban J connectivity index is 1.22. The van der Waals surface area contributed by atoms with Crippen molar-refractivity contribution in [2.24, 2.45) is 5.92 Å². The Morgan fingerprint density at radius 3 is 2.39 bits per heavy atom. The molecule has 0 radical (unpaired) electrons. The number of ether oxygens (including phenoxy) is 1. The van der Waals surface area contributed by atoms with Crippen molar-refractivity contribution in [3.8, 4) is 34.1 Å². The first-order chi connectivity index (χ1) is 17.6. The summed E-state index contributed by atoms with van der Waals surface area (Å²) in [6.07, 6.45) is 1.75. The second-order valence-electron chi connectivity index (χ2n) is 8.78. The zero-order valence-corrected chi connectivity index (χ0v) is 19.7. The summed E-state index contributed by atoms with van der Waals surface area (Å²) < 4.78 is 7.46. The normalized spacial score (nSPS) is 19.7. The molecule has 3 heterocycles. The van der Waals surface area contributed by atoms with Gasteiger partial charge < -0.3 is 19.9 Å². The minimum absolute atomic E-state index is 0.0630. The molecule has 1 fully saturated rings. The lowest BCUT2D eigenvalue weighted by molar-refractivity contribution is 0.0155. The minimum atomic E-state index is -0.732. The molecule has 1 aliphatic carbocycles. The highest BCUT2D eigenvalue weighted by Gasteiger charge is 2.36. The number of nitrogens with one attached hydrogen (secondary N) is 1. The standard InChI is InChI=1S/C25H22ClN7O3/c26-19-11-20-24(30-25(28-20)36-21-10-7-17(12-34)23(21)35)29-22(19)16-3-1-14(2-4-16)15-5-8-18(9-6-15)33-13-27-31-32-33/h1-6,8-9,11,13,17,21,23,34-35H,7,10,12H2,(H,28,29,30)/t17-,21-,23-/m1/s1. The molecule has 11 heteroatoms. The Morgan fingerprint density at radius 2 is 1.72 bits per heavy atom. The second kappa shape index (κ2) is 9.30. The van der Waals surface area contributed by atoms with Crippen LogP contribution in [0.3, 0.4) is 0 Å². The topological polar surface area (TPSA) is 135 Å². The van der Waals surface area contributed by atoms with Gasteiger partial charge in [-0.25, -0.2) is 9.67 Å². The smallest absolute Gasteiger partial charge is 0.296 e. The van der Waals surface area contributed by atoms with Gasteiger partial charge in [0.05, 0.1) is 28.0 Å². The Kier molecular flexibility index (Phi) is 5.84. The molecule has 0 spiro atoms. The molecule has 10 nitrogen and oxygen atoms in total. The molecular weight excluding hydrogens is 482 g/mol. The number of rotatable bonds is 6. The number of hydrogen-bond acceptors (Lipinski definition) is 8. The fourth-order valence-corrected chi connectivity index (χ4v) is 4.82. The highest BCUT2D eigenvalue weighted by molar-refractivity contribution is 6.33. The van der Waals surface area contributed by atoms with Gasteiger partial charge in [-0.05, 0) is 52.6 Å². The molecule has 0 saturated heterocycles. The summed E-state index contributed by atoms with van der Waals surface area (Å²) in [5.74, 6) is -0.176. The summed E-state index contributed by atoms with van der Waals surface area (Å²) in [6.45, 7) is -0.0630. The number of fused-ring (bicyclic) bond motifs is 1. The quantitative estimate of drug-likeness (QED) is 0.321. The average Bonchev–Trinajstić information content (AvgIpc) is 3.65. The van der Waals surface area contributed by atoms with Crippen molar-refractivity contribution in [2.75, 3.05) is 6.61 Å². The van der Waals surface area contributed by atoms with Crippen LogP contribution in [0.15, 0.2) is 60.9 Å². The first kappa shape index (κ1) is 22.6. The number of aliphatic hydroxyl groups is 2. The van der Waals surface area contributed by atoms with Crippen molar-refractivity contribution in [1.29, 1.82) is 0 Å². The number of imidazole rings is 1. The number of tetrazole rings is 1. The van der Waals surface area contributed by atoms with E-state index >= 15 is 0 Å². The third-order valence-electron chi connectivity index (χ3n) is 6.56. The molecule has 6 rings (SSSR count). The van der Waals surface area contributed by atoms with E-state index in [9.17, 15) is 10.2 Å². The monoisotopic (exact) mass is 503 g/mol. The molecule has 182 valence electrons. The number of H-pyrrole nitrogens is 1. The van der Waals surface area contributed by atoms with Crippen LogP contribution in [0.2, 0.25) is 5.02 Å². The van der Waals surface area contributed by atoms with Crippen molar-refractivity contribution >= 4 is 22.8 Å². The maximum atomic E-state index is 10.3. The highest BCUT2D eigenvalue weighted by atomic mass is 35.5. The molecule has 2 aromatic carbocycles. The van der Waals surface area contributed by atoms with Gasteiger partial charge in [0.25, 0.3) is 6.01 Å². The Morgan fingerprint density at radius 1 is 1.00 bits per heavy atom. The first-order valence-electron chi connectivity index (χ1n) is 11.5. The predicted octanol–water partition coefficient (Wildman–Crippen LogP) is 3.43. The number of aromatic nitrogens is 7. The second-order valence-corrected chi connectivity index (χ2v) is 9.18. The lowest BCUT2D eigenvalue weighted by atomic mass is 10.0. The van der Waals surface area contributed by atoms with Gasteiger partial charge in [-0.3, -0.25) is 0 Å². The van der Waals surface area contributed by atoms with Gasteiger partial charge in [0.2, 0.25) is 0 Å². The molecule has 0 unspecified atom stereocenters. The lowest BCUT2D eigenvalue weighted by Gasteiger charge is -2.17. The first-order valence-corrected chi connectivity index (χ1v) is 11.9. The SMILES string of the molecule is OC[C@H]1CC[C@@H](Oc2nc3nc(-c4ccc(-c5ccc(-n6cnnn6)cc5)cc4)c(Cl)cc3[nH]2)[C@@H]1O. The van der Waals surface area contributed by atoms with Gasteiger partial charge in [0, 0.05) is 18.1 Å². The molecule has 0 bridgehead atoms. The Bertz CT molecular complexity index is 1490. The minimum Gasteiger partial charge on any atom is -0.459 e. The maximum absolute atomic E-state index is 10.3. The van der Waals surface area contributed by atoms with E-state index in [-0.39, 0.29) is 18.5 Å². The van der Waals surface area contributed by atoms with Gasteiger partial charge in [-0.1, -0.05) is 48.0 Å². The molecule has 3 N–H and O–H groups in total. The zero-order chi connectivity index (χ0) is 24.6. The van der Waals surface area contributed by atoms with E-state index in [4.69, 9.17) is 16.3 Å². The number of benzene rings is 2. The number of pyridine rings is 1. The Labute approximate surface area is 210 Å². The van der Waals surface area contributed by atoms with Crippen LogP contribution < -0.4 is 4.74 Å². The number of aromatic amines is 1. The van der Waals surface area contributed by atoms with Crippen LogP contribution in [0, 0.1) is 5.92 Å². The van der Waals surface area contributed by atoms with Crippen LogP contribution in [-0.4, -0.2) is 64.2 Å². The van der Waals surface area contributed by atoms with Crippen LogP contribution in [0.1, 0.15) is 12.8 Å². The third-order valence-corrected chi connectivity index (χ3v) is 6.85. The molecule has 1 aliphatic rings. The van der Waals surface area contributed by atoms with Crippen LogP contribution in [-0.2, 0) is 0 Å². The van der Waals surface area contributed by atoms with E-state index in [1.165, 1.54) is 0 Å². The number of aliphatic hydroxyl groups excluding tert-OH is 2. The highest BCUT2D eigenvalue weighted by Crippen LogP contribution is 2.33. The molecule has 3 atom stereocenters. The summed E-state index contributed by atoms with van der Waals surface area (Å²) in [5.41, 5.74) is 5.57. The summed E-state index contributed by atoms with van der Waals surface area (Å²) in [6, 6.07) is 18.0. The zero-order valence-electron chi connectivity index (χ0n) is 19.0. The summed E-state index contributed by atoms with van der Waals surface area (Å²) >= 11 is 6.56. The fourth-order valence-electron chi connectivity index (χ4n) is 4.56. The van der Waals surface area contributed by atoms with Gasteiger partial charge in [0.15, 0.2) is 5.65 Å². The molecular formula is C25H22ClN7O3. The van der Waals surface area contributed by atoms with Gasteiger partial charge in [0.1, 0.15) is 12.4 Å². The van der Waals surface area contributed by atoms with Crippen LogP contribution >= 0.6 is 11.6 Å². The van der Waals surface area contributed by atoms with E-state index in [0.717, 1.165) is 22.4 Å². The summed E-state index contributed by atoms with van der Waals surface area (Å²) in [5, 5.41) is 31.4. The van der Waals surface area contributed by atoms with E-state index in [0.29, 0.717) is 34.7 Å². The van der Waals surface area contributed by atoms with E-state index < -0.39 is 12.2 Å². The van der Waals surface area contributed by atoms with E-state index in [1.807, 2.05) is 48.5 Å². The number of halogens is 1. The molecule has 0 aliphatic heterocycles. The van der Waals surface area contributed by atoms with Gasteiger partial charge in [-0.15, -0.1) is 5.10 Å². The van der Waals surface area contributed by atoms with E-state index in [2.05, 4.69) is 30.5 Å². The number of nitrogens with zero attached hydrogens (tertiary/aromatic N) is 6. The van der Waals surface area contributed by atoms with Crippen LogP contribution in [0.4, 0.5) is 0 Å². The third kappa shape index (κ3) is 4.19. The van der Waals surface area contributed by atoms with Gasteiger partial charge >= 0.3 is 0 Å². The van der Waals surface area contributed by atoms with E-state index in [1.54, 1.807) is 17.1 Å². The summed E-state index contributed by atoms with van der Waals surface area (Å²) in [4.78, 5) is 12.2. The van der Waals surface area contributed by atoms with Crippen molar-refractivity contribution in [1.82, 2.24) is 35.2 Å². The van der Waals surface area contributed by atoms with Crippen LogP contribution in [0.5, 0.6) is 6.01 Å². The largest absolute Gasteiger partial charge is 0.459 e. The average molecular weight is 504 g/mol. The molecule has 5 aromatic rings. The van der Waals surface area contributed by atoms with Crippen molar-refractivity contribution < 1.29 is 14.9 Å². The molecule has 36 heavy (non-hydrogen) atoms. The predicted molar refractivity (Wildman–Crippen MR) is 133 cm³/mol.